The van der Waals surface area contributed by atoms with Crippen LogP contribution in [0, 0.1) is 0 Å². The molecule has 0 amide bonds. The van der Waals surface area contributed by atoms with Gasteiger partial charge in [-0.2, -0.15) is 4.98 Å². The standard InChI is InChI=1S/C21H25N5O4/c1-27-16-8-6-14(7-9-16)22-20-23-21-25(10-5-11-26(21)24-20)15-12-17(28-2)19(30-4)18(13-15)29-3/h6-9,12-13H,5,10-11H2,1-4H3,(H,22,24). The highest BCUT2D eigenvalue weighted by atomic mass is 16.5. The van der Waals surface area contributed by atoms with E-state index < -0.39 is 0 Å². The van der Waals surface area contributed by atoms with Gasteiger partial charge in [0.15, 0.2) is 11.5 Å². The van der Waals surface area contributed by atoms with Gasteiger partial charge in [-0.15, -0.1) is 5.10 Å². The van der Waals surface area contributed by atoms with Gasteiger partial charge >= 0.3 is 0 Å². The summed E-state index contributed by atoms with van der Waals surface area (Å²) in [7, 11) is 6.45. The number of hydrogen-bond donors (Lipinski definition) is 1. The van der Waals surface area contributed by atoms with Gasteiger partial charge in [-0.25, -0.2) is 4.68 Å². The monoisotopic (exact) mass is 411 g/mol. The van der Waals surface area contributed by atoms with Crippen LogP contribution in [-0.2, 0) is 6.54 Å². The zero-order valence-electron chi connectivity index (χ0n) is 17.5. The Bertz CT molecular complexity index is 994. The molecule has 0 aliphatic carbocycles. The van der Waals surface area contributed by atoms with Crippen molar-refractivity contribution in [3.63, 3.8) is 0 Å². The van der Waals surface area contributed by atoms with Crippen molar-refractivity contribution in [2.45, 2.75) is 13.0 Å². The lowest BCUT2D eigenvalue weighted by molar-refractivity contribution is 0.324. The van der Waals surface area contributed by atoms with Gasteiger partial charge in [-0.3, -0.25) is 0 Å². The fraction of sp³-hybridized carbons (Fsp3) is 0.333. The fourth-order valence-electron chi connectivity index (χ4n) is 3.49. The molecule has 158 valence electrons. The van der Waals surface area contributed by atoms with Crippen LogP contribution >= 0.6 is 0 Å². The molecule has 4 rings (SSSR count). The van der Waals surface area contributed by atoms with Gasteiger partial charge in [-0.05, 0) is 30.7 Å². The van der Waals surface area contributed by atoms with Crippen molar-refractivity contribution in [3.8, 4) is 23.0 Å². The van der Waals surface area contributed by atoms with E-state index in [-0.39, 0.29) is 0 Å². The smallest absolute Gasteiger partial charge is 0.248 e. The zero-order chi connectivity index (χ0) is 21.1. The number of nitrogens with one attached hydrogen (secondary N) is 1. The Balaban J connectivity index is 1.65. The Kier molecular flexibility index (Phi) is 5.51. The predicted octanol–water partition coefficient (Wildman–Crippen LogP) is 3.60. The molecule has 0 radical (unpaired) electrons. The average molecular weight is 411 g/mol. The molecule has 2 aromatic carbocycles. The molecule has 1 N–H and O–H groups in total. The van der Waals surface area contributed by atoms with Crippen molar-refractivity contribution in [2.75, 3.05) is 45.2 Å². The minimum Gasteiger partial charge on any atom is -0.497 e. The van der Waals surface area contributed by atoms with Gasteiger partial charge in [-0.1, -0.05) is 0 Å². The first-order valence-corrected chi connectivity index (χ1v) is 9.60. The summed E-state index contributed by atoms with van der Waals surface area (Å²) in [4.78, 5) is 6.82. The van der Waals surface area contributed by atoms with Crippen molar-refractivity contribution >= 4 is 23.3 Å². The van der Waals surface area contributed by atoms with Crippen LogP contribution in [0.2, 0.25) is 0 Å². The highest BCUT2D eigenvalue weighted by Crippen LogP contribution is 2.43. The number of benzene rings is 2. The Morgan fingerprint density at radius 2 is 1.57 bits per heavy atom. The Morgan fingerprint density at radius 3 is 2.17 bits per heavy atom. The normalized spacial score (nSPS) is 12.9. The van der Waals surface area contributed by atoms with Crippen LogP contribution in [-0.4, -0.2) is 49.7 Å². The number of hydrogen-bond acceptors (Lipinski definition) is 8. The summed E-state index contributed by atoms with van der Waals surface area (Å²) < 4.78 is 23.5. The van der Waals surface area contributed by atoms with E-state index in [0.717, 1.165) is 42.6 Å². The third kappa shape index (κ3) is 3.66. The molecule has 1 aliphatic rings. The summed E-state index contributed by atoms with van der Waals surface area (Å²) >= 11 is 0. The molecule has 0 saturated heterocycles. The molecule has 0 unspecified atom stereocenters. The molecule has 1 aliphatic heterocycles. The van der Waals surface area contributed by atoms with Crippen LogP contribution < -0.4 is 29.2 Å². The van der Waals surface area contributed by atoms with Crippen molar-refractivity contribution in [1.29, 1.82) is 0 Å². The highest BCUT2D eigenvalue weighted by molar-refractivity contribution is 5.68. The van der Waals surface area contributed by atoms with E-state index >= 15 is 0 Å². The number of aromatic nitrogens is 3. The summed E-state index contributed by atoms with van der Waals surface area (Å²) in [6.07, 6.45) is 0.939. The number of rotatable bonds is 7. The van der Waals surface area contributed by atoms with Crippen molar-refractivity contribution in [2.24, 2.45) is 0 Å². The Hall–Kier alpha value is -3.62. The first kappa shape index (κ1) is 19.7. The molecule has 0 atom stereocenters. The molecule has 0 spiro atoms. The van der Waals surface area contributed by atoms with Crippen molar-refractivity contribution in [3.05, 3.63) is 36.4 Å². The van der Waals surface area contributed by atoms with Gasteiger partial charge in [0, 0.05) is 30.9 Å². The van der Waals surface area contributed by atoms with Crippen LogP contribution in [0.15, 0.2) is 36.4 Å². The summed E-state index contributed by atoms with van der Waals surface area (Å²) in [5.41, 5.74) is 1.78. The second-order valence-corrected chi connectivity index (χ2v) is 6.70. The van der Waals surface area contributed by atoms with Crippen molar-refractivity contribution in [1.82, 2.24) is 14.8 Å². The molecule has 3 aromatic rings. The van der Waals surface area contributed by atoms with Gasteiger partial charge < -0.3 is 29.2 Å². The molecule has 0 fully saturated rings. The molecule has 9 heteroatoms. The lowest BCUT2D eigenvalue weighted by Gasteiger charge is -2.28. The topological polar surface area (TPSA) is 82.9 Å². The number of anilines is 4. The van der Waals surface area contributed by atoms with E-state index in [1.807, 2.05) is 41.1 Å². The first-order valence-electron chi connectivity index (χ1n) is 9.60. The Morgan fingerprint density at radius 1 is 0.867 bits per heavy atom. The largest absolute Gasteiger partial charge is 0.497 e. The van der Waals surface area contributed by atoms with Gasteiger partial charge in [0.2, 0.25) is 17.6 Å². The highest BCUT2D eigenvalue weighted by Gasteiger charge is 2.25. The van der Waals surface area contributed by atoms with Gasteiger partial charge in [0.1, 0.15) is 5.75 Å². The molecule has 2 heterocycles. The quantitative estimate of drug-likeness (QED) is 0.632. The maximum atomic E-state index is 5.50. The summed E-state index contributed by atoms with van der Waals surface area (Å²) in [5, 5.41) is 7.87. The second kappa shape index (κ2) is 8.40. The summed E-state index contributed by atoms with van der Waals surface area (Å²) in [6.45, 7) is 1.60. The lowest BCUT2D eigenvalue weighted by Crippen LogP contribution is -2.28. The van der Waals surface area contributed by atoms with E-state index in [2.05, 4.69) is 15.3 Å². The van der Waals surface area contributed by atoms with Crippen molar-refractivity contribution < 1.29 is 18.9 Å². The molecule has 0 saturated carbocycles. The lowest BCUT2D eigenvalue weighted by atomic mass is 10.2. The number of fused-ring (bicyclic) bond motifs is 1. The van der Waals surface area contributed by atoms with E-state index in [1.165, 1.54) is 0 Å². The maximum Gasteiger partial charge on any atom is 0.248 e. The minimum absolute atomic E-state index is 0.537. The van der Waals surface area contributed by atoms with Crippen LogP contribution in [0.25, 0.3) is 0 Å². The molecular formula is C21H25N5O4. The Labute approximate surface area is 175 Å². The SMILES string of the molecule is COc1ccc(Nc2nc3n(n2)CCCN3c2cc(OC)c(OC)c(OC)c2)cc1. The van der Waals surface area contributed by atoms with Crippen LogP contribution in [0.4, 0.5) is 23.3 Å². The fourth-order valence-corrected chi connectivity index (χ4v) is 3.49. The number of ether oxygens (including phenoxy) is 4. The third-order valence-corrected chi connectivity index (χ3v) is 4.95. The average Bonchev–Trinajstić information content (AvgIpc) is 3.20. The second-order valence-electron chi connectivity index (χ2n) is 6.70. The van der Waals surface area contributed by atoms with Gasteiger partial charge in [0.05, 0.1) is 34.1 Å². The molecule has 30 heavy (non-hydrogen) atoms. The van der Waals surface area contributed by atoms with Crippen LogP contribution in [0.1, 0.15) is 6.42 Å². The maximum absolute atomic E-state index is 5.50. The minimum atomic E-state index is 0.537. The molecule has 1 aromatic heterocycles. The van der Waals surface area contributed by atoms with Gasteiger partial charge in [0.25, 0.3) is 0 Å². The first-order chi connectivity index (χ1) is 14.7. The third-order valence-electron chi connectivity index (χ3n) is 4.95. The molecule has 9 nitrogen and oxygen atoms in total. The van der Waals surface area contributed by atoms with E-state index in [0.29, 0.717) is 23.2 Å². The number of aryl methyl sites for hydroxylation is 1. The molecule has 0 bridgehead atoms. The summed E-state index contributed by atoms with van der Waals surface area (Å²) in [6, 6.07) is 11.5. The van der Waals surface area contributed by atoms with Crippen LogP contribution in [0.3, 0.4) is 0 Å². The molecular weight excluding hydrogens is 386 g/mol. The van der Waals surface area contributed by atoms with E-state index in [9.17, 15) is 0 Å². The van der Waals surface area contributed by atoms with Crippen LogP contribution in [0.5, 0.6) is 23.0 Å². The number of nitrogens with zero attached hydrogens (tertiary/aromatic N) is 4. The summed E-state index contributed by atoms with van der Waals surface area (Å²) in [5.74, 6) is 3.84. The predicted molar refractivity (Wildman–Crippen MR) is 114 cm³/mol. The van der Waals surface area contributed by atoms with E-state index in [4.69, 9.17) is 23.9 Å². The van der Waals surface area contributed by atoms with E-state index in [1.54, 1.807) is 28.4 Å². The zero-order valence-corrected chi connectivity index (χ0v) is 17.5. The number of methoxy groups -OCH3 is 4.